The summed E-state index contributed by atoms with van der Waals surface area (Å²) in [7, 11) is 0. The molecule has 1 saturated heterocycles. The summed E-state index contributed by atoms with van der Waals surface area (Å²) < 4.78 is 12.3. The third kappa shape index (κ3) is 5.92. The first-order chi connectivity index (χ1) is 19.4. The standard InChI is InChI=1S/C27H28N6O7/c34-12-19-21(35)22(36)26(40-19)33-15-30-20-23(28-14-29-24(20)33)32-25(37)18(11-16-7-3-1-4-8-16)31-27(38)39-13-17-9-5-2-6-10-17/h1-10,14-15,18-19,21-22,26,34-36H,11-13H2,(H,31,38)(H,28,29,32,37)/t18-,19+,21-,22-,26+/m1/s1. The lowest BCUT2D eigenvalue weighted by Gasteiger charge is -2.19. The van der Waals surface area contributed by atoms with Crippen LogP contribution in [0, 0.1) is 0 Å². The Labute approximate surface area is 228 Å². The fourth-order valence-electron chi connectivity index (χ4n) is 4.41. The average Bonchev–Trinajstić information content (AvgIpc) is 3.53. The van der Waals surface area contributed by atoms with Gasteiger partial charge in [-0.2, -0.15) is 0 Å². The summed E-state index contributed by atoms with van der Waals surface area (Å²) in [5, 5.41) is 35.3. The second kappa shape index (κ2) is 12.2. The van der Waals surface area contributed by atoms with Crippen LogP contribution in [0.2, 0.25) is 0 Å². The van der Waals surface area contributed by atoms with Crippen molar-refractivity contribution >= 4 is 29.0 Å². The molecular weight excluding hydrogens is 520 g/mol. The van der Waals surface area contributed by atoms with E-state index in [2.05, 4.69) is 25.6 Å². The Bertz CT molecular complexity index is 1450. The molecule has 0 radical (unpaired) electrons. The number of amides is 2. The molecule has 5 rings (SSSR count). The van der Waals surface area contributed by atoms with Crippen molar-refractivity contribution in [1.82, 2.24) is 24.8 Å². The van der Waals surface area contributed by atoms with E-state index in [9.17, 15) is 24.9 Å². The van der Waals surface area contributed by atoms with Crippen LogP contribution in [-0.2, 0) is 27.3 Å². The van der Waals surface area contributed by atoms with Gasteiger partial charge in [0, 0.05) is 6.42 Å². The molecule has 1 aliphatic heterocycles. The number of carbonyl (C=O) groups excluding carboxylic acids is 2. The Morgan fingerprint density at radius 2 is 1.68 bits per heavy atom. The minimum Gasteiger partial charge on any atom is -0.445 e. The quantitative estimate of drug-likeness (QED) is 0.202. The van der Waals surface area contributed by atoms with Crippen molar-refractivity contribution in [3.63, 3.8) is 0 Å². The first-order valence-electron chi connectivity index (χ1n) is 12.6. The second-order valence-electron chi connectivity index (χ2n) is 9.21. The highest BCUT2D eigenvalue weighted by molar-refractivity contribution is 6.00. The van der Waals surface area contributed by atoms with Gasteiger partial charge in [0.2, 0.25) is 5.91 Å². The molecule has 40 heavy (non-hydrogen) atoms. The van der Waals surface area contributed by atoms with Gasteiger partial charge in [-0.1, -0.05) is 60.7 Å². The number of anilines is 1. The molecule has 13 nitrogen and oxygen atoms in total. The molecule has 5 atom stereocenters. The number of hydrogen-bond donors (Lipinski definition) is 5. The predicted molar refractivity (Wildman–Crippen MR) is 141 cm³/mol. The summed E-state index contributed by atoms with van der Waals surface area (Å²) in [5.41, 5.74) is 2.02. The average molecular weight is 549 g/mol. The highest BCUT2D eigenvalue weighted by Gasteiger charge is 2.44. The second-order valence-corrected chi connectivity index (χ2v) is 9.21. The molecule has 0 spiro atoms. The lowest BCUT2D eigenvalue weighted by Crippen LogP contribution is -2.45. The molecule has 4 aromatic rings. The highest BCUT2D eigenvalue weighted by Crippen LogP contribution is 2.32. The van der Waals surface area contributed by atoms with Crippen LogP contribution in [0.3, 0.4) is 0 Å². The van der Waals surface area contributed by atoms with E-state index in [1.54, 1.807) is 0 Å². The Morgan fingerprint density at radius 1 is 0.975 bits per heavy atom. The van der Waals surface area contributed by atoms with Gasteiger partial charge in [-0.3, -0.25) is 9.36 Å². The number of hydrogen-bond acceptors (Lipinski definition) is 10. The number of rotatable bonds is 9. The van der Waals surface area contributed by atoms with Crippen molar-refractivity contribution in [3.8, 4) is 0 Å². The fraction of sp³-hybridized carbons (Fsp3) is 0.296. The number of aliphatic hydroxyl groups is 3. The maximum absolute atomic E-state index is 13.4. The molecule has 1 aliphatic rings. The molecule has 0 unspecified atom stereocenters. The van der Waals surface area contributed by atoms with Crippen LogP contribution in [0.1, 0.15) is 17.4 Å². The van der Waals surface area contributed by atoms with E-state index in [-0.39, 0.29) is 30.0 Å². The summed E-state index contributed by atoms with van der Waals surface area (Å²) in [6.07, 6.45) is -2.75. The van der Waals surface area contributed by atoms with E-state index in [1.807, 2.05) is 60.7 Å². The number of fused-ring (bicyclic) bond motifs is 1. The topological polar surface area (TPSA) is 181 Å². The number of alkyl carbamates (subject to hydrolysis) is 1. The summed E-state index contributed by atoms with van der Waals surface area (Å²) in [6.45, 7) is -0.446. The SMILES string of the molecule is O=C(N[C@H](Cc1ccccc1)C(=O)Nc1ncnc2c1ncn2[C@H]1O[C@@H](CO)[C@@H](O)[C@H]1O)OCc1ccccc1. The Morgan fingerprint density at radius 3 is 2.35 bits per heavy atom. The molecular formula is C27H28N6O7. The first-order valence-corrected chi connectivity index (χ1v) is 12.6. The molecule has 3 heterocycles. The van der Waals surface area contributed by atoms with Gasteiger partial charge >= 0.3 is 6.09 Å². The van der Waals surface area contributed by atoms with Crippen molar-refractivity contribution in [1.29, 1.82) is 0 Å². The zero-order valence-corrected chi connectivity index (χ0v) is 21.2. The maximum atomic E-state index is 13.4. The van der Waals surface area contributed by atoms with Crippen LogP contribution in [0.15, 0.2) is 73.3 Å². The number of carbonyl (C=O) groups is 2. The Balaban J connectivity index is 1.34. The van der Waals surface area contributed by atoms with Crippen LogP contribution < -0.4 is 10.6 Å². The van der Waals surface area contributed by atoms with Gasteiger partial charge in [0.25, 0.3) is 0 Å². The fourth-order valence-corrected chi connectivity index (χ4v) is 4.41. The van der Waals surface area contributed by atoms with Crippen molar-refractivity contribution in [3.05, 3.63) is 84.4 Å². The van der Waals surface area contributed by atoms with E-state index < -0.39 is 49.2 Å². The van der Waals surface area contributed by atoms with Gasteiger partial charge in [0.05, 0.1) is 12.9 Å². The lowest BCUT2D eigenvalue weighted by molar-refractivity contribution is -0.118. The van der Waals surface area contributed by atoms with Gasteiger partial charge in [0.15, 0.2) is 23.2 Å². The van der Waals surface area contributed by atoms with E-state index >= 15 is 0 Å². The van der Waals surface area contributed by atoms with Gasteiger partial charge in [-0.15, -0.1) is 0 Å². The Kier molecular flexibility index (Phi) is 8.26. The van der Waals surface area contributed by atoms with Crippen molar-refractivity contribution in [2.45, 2.75) is 43.6 Å². The molecule has 0 aliphatic carbocycles. The number of aliphatic hydroxyl groups excluding tert-OH is 3. The highest BCUT2D eigenvalue weighted by atomic mass is 16.6. The molecule has 5 N–H and O–H groups in total. The molecule has 13 heteroatoms. The largest absolute Gasteiger partial charge is 0.445 e. The third-order valence-electron chi connectivity index (χ3n) is 6.50. The summed E-state index contributed by atoms with van der Waals surface area (Å²) in [6, 6.07) is 17.3. The first kappa shape index (κ1) is 27.1. The van der Waals surface area contributed by atoms with Gasteiger partial charge in [-0.05, 0) is 11.1 Å². The maximum Gasteiger partial charge on any atom is 0.408 e. The van der Waals surface area contributed by atoms with E-state index in [0.717, 1.165) is 11.1 Å². The summed E-state index contributed by atoms with van der Waals surface area (Å²) in [5.74, 6) is -0.499. The summed E-state index contributed by atoms with van der Waals surface area (Å²) >= 11 is 0. The molecule has 208 valence electrons. The van der Waals surface area contributed by atoms with Crippen LogP contribution in [0.25, 0.3) is 11.2 Å². The molecule has 2 amide bonds. The number of aromatic nitrogens is 4. The van der Waals surface area contributed by atoms with Crippen LogP contribution in [0.4, 0.5) is 10.6 Å². The molecule has 0 saturated carbocycles. The summed E-state index contributed by atoms with van der Waals surface area (Å²) in [4.78, 5) is 38.6. The van der Waals surface area contributed by atoms with E-state index in [1.165, 1.54) is 17.2 Å². The van der Waals surface area contributed by atoms with Crippen LogP contribution in [-0.4, -0.2) is 77.8 Å². The molecule has 2 aromatic carbocycles. The number of nitrogens with one attached hydrogen (secondary N) is 2. The minimum atomic E-state index is -1.34. The zero-order chi connectivity index (χ0) is 28.1. The lowest BCUT2D eigenvalue weighted by atomic mass is 10.1. The van der Waals surface area contributed by atoms with E-state index in [4.69, 9.17) is 9.47 Å². The van der Waals surface area contributed by atoms with Crippen molar-refractivity contribution in [2.75, 3.05) is 11.9 Å². The smallest absolute Gasteiger partial charge is 0.408 e. The number of ether oxygens (including phenoxy) is 2. The normalized spacial score (nSPS) is 21.2. The Hall–Kier alpha value is -4.43. The predicted octanol–water partition coefficient (Wildman–Crippen LogP) is 0.914. The van der Waals surface area contributed by atoms with Crippen molar-refractivity contribution < 1.29 is 34.4 Å². The minimum absolute atomic E-state index is 0.0389. The van der Waals surface area contributed by atoms with Crippen LogP contribution in [0.5, 0.6) is 0 Å². The van der Waals surface area contributed by atoms with E-state index in [0.29, 0.717) is 0 Å². The zero-order valence-electron chi connectivity index (χ0n) is 21.2. The van der Waals surface area contributed by atoms with Crippen molar-refractivity contribution in [2.24, 2.45) is 0 Å². The van der Waals surface area contributed by atoms with Gasteiger partial charge in [0.1, 0.15) is 37.3 Å². The number of nitrogens with zero attached hydrogens (tertiary/aromatic N) is 4. The molecule has 0 bridgehead atoms. The monoisotopic (exact) mass is 548 g/mol. The third-order valence-corrected chi connectivity index (χ3v) is 6.50. The van der Waals surface area contributed by atoms with Gasteiger partial charge < -0.3 is 35.4 Å². The molecule has 1 fully saturated rings. The van der Waals surface area contributed by atoms with Crippen LogP contribution >= 0.6 is 0 Å². The number of imidazole rings is 1. The van der Waals surface area contributed by atoms with Gasteiger partial charge in [-0.25, -0.2) is 19.7 Å². The molecule has 2 aromatic heterocycles. The number of benzene rings is 2.